The Morgan fingerprint density at radius 1 is 0.963 bits per heavy atom. The zero-order valence-corrected chi connectivity index (χ0v) is 16.0. The van der Waals surface area contributed by atoms with E-state index in [1.165, 1.54) is 12.1 Å². The molecule has 2 aromatic rings. The molecule has 7 heteroatoms. The summed E-state index contributed by atoms with van der Waals surface area (Å²) in [4.78, 5) is 28.6. The molecule has 0 aliphatic carbocycles. The van der Waals surface area contributed by atoms with Crippen molar-refractivity contribution >= 4 is 11.8 Å². The van der Waals surface area contributed by atoms with Crippen LogP contribution in [0.15, 0.2) is 24.3 Å². The molecule has 144 valence electrons. The van der Waals surface area contributed by atoms with Crippen molar-refractivity contribution in [2.75, 3.05) is 26.2 Å². The van der Waals surface area contributed by atoms with E-state index in [0.717, 1.165) is 22.5 Å². The van der Waals surface area contributed by atoms with Crippen molar-refractivity contribution in [3.63, 3.8) is 0 Å². The van der Waals surface area contributed by atoms with E-state index < -0.39 is 0 Å². The van der Waals surface area contributed by atoms with Gasteiger partial charge in [0.05, 0.1) is 18.5 Å². The van der Waals surface area contributed by atoms with Gasteiger partial charge in [-0.2, -0.15) is 5.10 Å². The predicted molar refractivity (Wildman–Crippen MR) is 99.7 cm³/mol. The number of hydrogen-bond donors (Lipinski definition) is 0. The van der Waals surface area contributed by atoms with Crippen molar-refractivity contribution in [2.45, 2.75) is 26.7 Å². The van der Waals surface area contributed by atoms with Crippen molar-refractivity contribution in [2.24, 2.45) is 7.05 Å². The van der Waals surface area contributed by atoms with Crippen LogP contribution in [0.1, 0.15) is 22.5 Å². The van der Waals surface area contributed by atoms with Crippen LogP contribution >= 0.6 is 0 Å². The van der Waals surface area contributed by atoms with Crippen molar-refractivity contribution in [1.82, 2.24) is 19.6 Å². The number of hydrogen-bond acceptors (Lipinski definition) is 3. The van der Waals surface area contributed by atoms with Gasteiger partial charge in [-0.15, -0.1) is 0 Å². The predicted octanol–water partition coefficient (Wildman–Crippen LogP) is 1.63. The van der Waals surface area contributed by atoms with E-state index in [4.69, 9.17) is 0 Å². The first kappa shape index (κ1) is 19.1. The molecule has 0 saturated carbocycles. The van der Waals surface area contributed by atoms with Crippen LogP contribution in [0.25, 0.3) is 0 Å². The highest BCUT2D eigenvalue weighted by atomic mass is 19.1. The zero-order chi connectivity index (χ0) is 19.6. The van der Waals surface area contributed by atoms with Crippen LogP contribution in [0.3, 0.4) is 0 Å². The van der Waals surface area contributed by atoms with Crippen LogP contribution in [-0.4, -0.2) is 57.6 Å². The molecule has 1 saturated heterocycles. The second-order valence-electron chi connectivity index (χ2n) is 7.01. The van der Waals surface area contributed by atoms with Crippen molar-refractivity contribution < 1.29 is 14.0 Å². The second kappa shape index (κ2) is 7.90. The fourth-order valence-electron chi connectivity index (χ4n) is 3.43. The third-order valence-electron chi connectivity index (χ3n) is 5.24. The largest absolute Gasteiger partial charge is 0.339 e. The Morgan fingerprint density at radius 2 is 1.48 bits per heavy atom. The third-order valence-corrected chi connectivity index (χ3v) is 5.24. The number of piperazine rings is 1. The zero-order valence-electron chi connectivity index (χ0n) is 16.0. The monoisotopic (exact) mass is 372 g/mol. The number of aromatic nitrogens is 2. The van der Waals surface area contributed by atoms with Gasteiger partial charge in [0.1, 0.15) is 5.82 Å². The summed E-state index contributed by atoms with van der Waals surface area (Å²) in [7, 11) is 1.88. The molecule has 0 spiro atoms. The van der Waals surface area contributed by atoms with Crippen molar-refractivity contribution in [1.29, 1.82) is 0 Å². The van der Waals surface area contributed by atoms with E-state index in [9.17, 15) is 14.0 Å². The summed E-state index contributed by atoms with van der Waals surface area (Å²) in [6, 6.07) is 5.99. The lowest BCUT2D eigenvalue weighted by Crippen LogP contribution is -2.51. The maximum atomic E-state index is 13.0. The molecule has 1 aliphatic rings. The lowest BCUT2D eigenvalue weighted by Gasteiger charge is -2.35. The average molecular weight is 372 g/mol. The SMILES string of the molecule is Cc1nn(C)c(C)c1CC(=O)N1CCN(C(=O)Cc2ccc(F)cc2)CC1. The third kappa shape index (κ3) is 4.35. The molecule has 1 fully saturated rings. The van der Waals surface area contributed by atoms with Crippen LogP contribution in [0, 0.1) is 19.7 Å². The number of rotatable bonds is 4. The van der Waals surface area contributed by atoms with E-state index in [2.05, 4.69) is 5.10 Å². The Morgan fingerprint density at radius 3 is 1.96 bits per heavy atom. The van der Waals surface area contributed by atoms with Gasteiger partial charge in [-0.1, -0.05) is 12.1 Å². The summed E-state index contributed by atoms with van der Waals surface area (Å²) in [5.74, 6) is -0.232. The number of amides is 2. The fraction of sp³-hybridized carbons (Fsp3) is 0.450. The van der Waals surface area contributed by atoms with Gasteiger partial charge in [0.25, 0.3) is 0 Å². The van der Waals surface area contributed by atoms with Crippen LogP contribution in [0.5, 0.6) is 0 Å². The number of halogens is 1. The standard InChI is InChI=1S/C20H25FN4O2/c1-14-18(15(2)23(3)22-14)13-20(27)25-10-8-24(9-11-25)19(26)12-16-4-6-17(21)7-5-16/h4-7H,8-13H2,1-3H3. The molecule has 3 rings (SSSR count). The molecule has 2 heterocycles. The van der Waals surface area contributed by atoms with E-state index >= 15 is 0 Å². The van der Waals surface area contributed by atoms with Gasteiger partial charge in [0.2, 0.25) is 11.8 Å². The van der Waals surface area contributed by atoms with Gasteiger partial charge in [-0.25, -0.2) is 4.39 Å². The van der Waals surface area contributed by atoms with Gasteiger partial charge in [0, 0.05) is 44.5 Å². The highest BCUT2D eigenvalue weighted by molar-refractivity contribution is 5.81. The summed E-state index contributed by atoms with van der Waals surface area (Å²) in [6.45, 7) is 6.00. The summed E-state index contributed by atoms with van der Waals surface area (Å²) in [6.07, 6.45) is 0.595. The Balaban J connectivity index is 1.52. The van der Waals surface area contributed by atoms with E-state index in [-0.39, 0.29) is 24.1 Å². The normalized spacial score (nSPS) is 14.5. The minimum absolute atomic E-state index is 0.00709. The quantitative estimate of drug-likeness (QED) is 0.820. The first-order valence-corrected chi connectivity index (χ1v) is 9.14. The fourth-order valence-corrected chi connectivity index (χ4v) is 3.43. The lowest BCUT2D eigenvalue weighted by molar-refractivity contribution is -0.138. The van der Waals surface area contributed by atoms with Gasteiger partial charge in [0.15, 0.2) is 0 Å². The summed E-state index contributed by atoms with van der Waals surface area (Å²) >= 11 is 0. The topological polar surface area (TPSA) is 58.4 Å². The van der Waals surface area contributed by atoms with Gasteiger partial charge in [-0.3, -0.25) is 14.3 Å². The van der Waals surface area contributed by atoms with Crippen LogP contribution in [0.2, 0.25) is 0 Å². The highest BCUT2D eigenvalue weighted by Gasteiger charge is 2.25. The first-order chi connectivity index (χ1) is 12.8. The van der Waals surface area contributed by atoms with Gasteiger partial charge >= 0.3 is 0 Å². The maximum Gasteiger partial charge on any atom is 0.227 e. The summed E-state index contributed by atoms with van der Waals surface area (Å²) in [5.41, 5.74) is 3.67. The molecule has 1 aromatic carbocycles. The molecule has 0 radical (unpaired) electrons. The number of nitrogens with zero attached hydrogens (tertiary/aromatic N) is 4. The molecule has 6 nitrogen and oxygen atoms in total. The molecule has 0 atom stereocenters. The molecule has 27 heavy (non-hydrogen) atoms. The minimum Gasteiger partial charge on any atom is -0.339 e. The molecule has 1 aromatic heterocycles. The average Bonchev–Trinajstić information content (AvgIpc) is 2.89. The van der Waals surface area contributed by atoms with E-state index in [1.54, 1.807) is 21.7 Å². The molecule has 0 N–H and O–H groups in total. The molecule has 0 unspecified atom stereocenters. The first-order valence-electron chi connectivity index (χ1n) is 9.14. The minimum atomic E-state index is -0.308. The van der Waals surface area contributed by atoms with Crippen molar-refractivity contribution in [3.05, 3.63) is 52.6 Å². The van der Waals surface area contributed by atoms with Gasteiger partial charge in [-0.05, 0) is 31.5 Å². The van der Waals surface area contributed by atoms with Crippen LogP contribution < -0.4 is 0 Å². The highest BCUT2D eigenvalue weighted by Crippen LogP contribution is 2.15. The Labute approximate surface area is 158 Å². The molecular weight excluding hydrogens is 347 g/mol. The van der Waals surface area contributed by atoms with Crippen LogP contribution in [-0.2, 0) is 29.5 Å². The Hall–Kier alpha value is -2.70. The number of carbonyl (C=O) groups excluding carboxylic acids is 2. The maximum absolute atomic E-state index is 13.0. The summed E-state index contributed by atoms with van der Waals surface area (Å²) < 4.78 is 14.8. The van der Waals surface area contributed by atoms with E-state index in [0.29, 0.717) is 32.6 Å². The number of benzene rings is 1. The second-order valence-corrected chi connectivity index (χ2v) is 7.01. The smallest absolute Gasteiger partial charge is 0.227 e. The molecule has 0 bridgehead atoms. The lowest BCUT2D eigenvalue weighted by atomic mass is 10.1. The number of carbonyl (C=O) groups is 2. The van der Waals surface area contributed by atoms with Gasteiger partial charge < -0.3 is 9.80 Å². The molecule has 1 aliphatic heterocycles. The summed E-state index contributed by atoms with van der Waals surface area (Å²) in [5, 5.41) is 4.36. The Kier molecular flexibility index (Phi) is 5.58. The van der Waals surface area contributed by atoms with Crippen molar-refractivity contribution in [3.8, 4) is 0 Å². The number of aryl methyl sites for hydroxylation is 2. The molecule has 2 amide bonds. The Bertz CT molecular complexity index is 836. The van der Waals surface area contributed by atoms with E-state index in [1.807, 2.05) is 25.8 Å². The van der Waals surface area contributed by atoms with Crippen LogP contribution in [0.4, 0.5) is 4.39 Å². The molecular formula is C20H25FN4O2.